The van der Waals surface area contributed by atoms with E-state index in [-0.39, 0.29) is 6.03 Å². The van der Waals surface area contributed by atoms with Crippen molar-refractivity contribution in [3.63, 3.8) is 0 Å². The second-order valence-corrected chi connectivity index (χ2v) is 6.09. The Bertz CT molecular complexity index is 634. The third-order valence-corrected chi connectivity index (χ3v) is 4.23. The molecule has 0 bridgehead atoms. The molecule has 5 heteroatoms. The fraction of sp³-hybridized carbons (Fsp3) is 0.368. The number of nitrogens with one attached hydrogen (secondary N) is 1. The van der Waals surface area contributed by atoms with Gasteiger partial charge in [0.2, 0.25) is 0 Å². The van der Waals surface area contributed by atoms with E-state index in [0.29, 0.717) is 19.1 Å². The Morgan fingerprint density at radius 3 is 2.79 bits per heavy atom. The molecule has 1 aromatic carbocycles. The van der Waals surface area contributed by atoms with E-state index in [1.807, 2.05) is 47.4 Å². The van der Waals surface area contributed by atoms with Crippen molar-refractivity contribution in [1.82, 2.24) is 15.2 Å². The van der Waals surface area contributed by atoms with E-state index in [4.69, 9.17) is 4.74 Å². The molecule has 2 aromatic rings. The Morgan fingerprint density at radius 2 is 2.00 bits per heavy atom. The number of piperidine rings is 1. The molecule has 1 N–H and O–H groups in total. The highest BCUT2D eigenvalue weighted by Gasteiger charge is 2.24. The van der Waals surface area contributed by atoms with E-state index >= 15 is 0 Å². The first-order valence-electron chi connectivity index (χ1n) is 8.41. The largest absolute Gasteiger partial charge is 0.493 e. The first-order chi connectivity index (χ1) is 11.8. The normalized spacial score (nSPS) is 17.3. The molecule has 3 rings (SSSR count). The fourth-order valence-corrected chi connectivity index (χ4v) is 2.92. The molecule has 1 saturated heterocycles. The van der Waals surface area contributed by atoms with E-state index < -0.39 is 0 Å². The molecule has 1 fully saturated rings. The Morgan fingerprint density at radius 1 is 1.21 bits per heavy atom. The van der Waals surface area contributed by atoms with Gasteiger partial charge in [-0.2, -0.15) is 0 Å². The number of nitrogens with zero attached hydrogens (tertiary/aromatic N) is 2. The molecule has 5 nitrogen and oxygen atoms in total. The highest BCUT2D eigenvalue weighted by molar-refractivity contribution is 5.74. The van der Waals surface area contributed by atoms with Crippen LogP contribution in [-0.4, -0.2) is 35.6 Å². The molecule has 0 aliphatic carbocycles. The van der Waals surface area contributed by atoms with E-state index in [0.717, 1.165) is 37.2 Å². The van der Waals surface area contributed by atoms with Crippen molar-refractivity contribution in [2.45, 2.75) is 19.4 Å². The monoisotopic (exact) mass is 325 g/mol. The predicted molar refractivity (Wildman–Crippen MR) is 92.7 cm³/mol. The van der Waals surface area contributed by atoms with Gasteiger partial charge in [0, 0.05) is 37.9 Å². The van der Waals surface area contributed by atoms with Gasteiger partial charge in [-0.05, 0) is 30.5 Å². The van der Waals surface area contributed by atoms with Gasteiger partial charge in [0.15, 0.2) is 0 Å². The highest BCUT2D eigenvalue weighted by Crippen LogP contribution is 2.18. The van der Waals surface area contributed by atoms with Crippen molar-refractivity contribution in [2.75, 3.05) is 19.7 Å². The van der Waals surface area contributed by atoms with Crippen molar-refractivity contribution in [3.05, 3.63) is 60.4 Å². The summed E-state index contributed by atoms with van der Waals surface area (Å²) in [5, 5.41) is 3.00. The number of hydrogen-bond donors (Lipinski definition) is 1. The molecule has 1 aliphatic heterocycles. The summed E-state index contributed by atoms with van der Waals surface area (Å²) in [6.45, 7) is 2.75. The van der Waals surface area contributed by atoms with Crippen LogP contribution in [0.4, 0.5) is 4.79 Å². The molecular weight excluding hydrogens is 302 g/mol. The van der Waals surface area contributed by atoms with Crippen LogP contribution in [0.3, 0.4) is 0 Å². The molecule has 1 atom stereocenters. The third-order valence-electron chi connectivity index (χ3n) is 4.23. The predicted octanol–water partition coefficient (Wildman–Crippen LogP) is 3.08. The lowest BCUT2D eigenvalue weighted by Crippen LogP contribution is -2.46. The number of urea groups is 1. The average molecular weight is 325 g/mol. The van der Waals surface area contributed by atoms with Crippen LogP contribution in [0.2, 0.25) is 0 Å². The molecule has 1 unspecified atom stereocenters. The van der Waals surface area contributed by atoms with Gasteiger partial charge in [0.25, 0.3) is 0 Å². The smallest absolute Gasteiger partial charge is 0.317 e. The Labute approximate surface area is 142 Å². The van der Waals surface area contributed by atoms with E-state index in [1.165, 1.54) is 0 Å². The molecule has 0 spiro atoms. The maximum absolute atomic E-state index is 12.4. The number of aromatic nitrogens is 1. The molecule has 0 saturated carbocycles. The zero-order valence-electron chi connectivity index (χ0n) is 13.7. The van der Waals surface area contributed by atoms with Crippen molar-refractivity contribution in [1.29, 1.82) is 0 Å². The maximum atomic E-state index is 12.4. The topological polar surface area (TPSA) is 54.5 Å². The lowest BCUT2D eigenvalue weighted by Gasteiger charge is -2.32. The zero-order valence-corrected chi connectivity index (χ0v) is 13.7. The van der Waals surface area contributed by atoms with Crippen LogP contribution >= 0.6 is 0 Å². The molecule has 0 radical (unpaired) electrons. The minimum Gasteiger partial charge on any atom is -0.493 e. The Hall–Kier alpha value is -2.56. The lowest BCUT2D eigenvalue weighted by molar-refractivity contribution is 0.137. The first-order valence-corrected chi connectivity index (χ1v) is 8.41. The quantitative estimate of drug-likeness (QED) is 0.919. The van der Waals surface area contributed by atoms with Crippen LogP contribution in [0, 0.1) is 5.92 Å². The highest BCUT2D eigenvalue weighted by atomic mass is 16.5. The van der Waals surface area contributed by atoms with Gasteiger partial charge in [-0.25, -0.2) is 4.79 Å². The third kappa shape index (κ3) is 4.72. The van der Waals surface area contributed by atoms with Crippen LogP contribution in [-0.2, 0) is 6.54 Å². The number of ether oxygens (including phenoxy) is 1. The Kier molecular flexibility index (Phi) is 5.66. The van der Waals surface area contributed by atoms with Crippen molar-refractivity contribution >= 4 is 6.03 Å². The van der Waals surface area contributed by atoms with Crippen LogP contribution < -0.4 is 10.1 Å². The van der Waals surface area contributed by atoms with Crippen molar-refractivity contribution in [2.24, 2.45) is 5.92 Å². The Balaban J connectivity index is 1.45. The van der Waals surface area contributed by atoms with Crippen LogP contribution in [0.1, 0.15) is 18.4 Å². The lowest BCUT2D eigenvalue weighted by atomic mass is 9.99. The molecular formula is C19H23N3O2. The van der Waals surface area contributed by atoms with E-state index in [1.54, 1.807) is 12.4 Å². The summed E-state index contributed by atoms with van der Waals surface area (Å²) in [7, 11) is 0. The molecule has 1 aliphatic rings. The van der Waals surface area contributed by atoms with E-state index in [2.05, 4.69) is 10.3 Å². The van der Waals surface area contributed by atoms with Gasteiger partial charge in [-0.15, -0.1) is 0 Å². The van der Waals surface area contributed by atoms with Crippen LogP contribution in [0.5, 0.6) is 5.75 Å². The second kappa shape index (κ2) is 8.34. The van der Waals surface area contributed by atoms with Gasteiger partial charge in [0.1, 0.15) is 5.75 Å². The summed E-state index contributed by atoms with van der Waals surface area (Å²) in [4.78, 5) is 18.2. The number of amides is 2. The standard InChI is InChI=1S/C19H23N3O2/c23-19(21-13-16-5-2-1-3-6-16)22-12-4-7-17(14-22)15-24-18-8-10-20-11-9-18/h1-3,5-6,8-11,17H,4,7,12-15H2,(H,21,23). The number of likely N-dealkylation sites (tertiary alicyclic amines) is 1. The van der Waals surface area contributed by atoms with Gasteiger partial charge < -0.3 is 15.0 Å². The average Bonchev–Trinajstić information content (AvgIpc) is 2.66. The number of pyridine rings is 1. The van der Waals surface area contributed by atoms with Crippen LogP contribution in [0.25, 0.3) is 0 Å². The molecule has 2 amide bonds. The summed E-state index contributed by atoms with van der Waals surface area (Å²) >= 11 is 0. The SMILES string of the molecule is O=C(NCc1ccccc1)N1CCCC(COc2ccncc2)C1. The van der Waals surface area contributed by atoms with Gasteiger partial charge >= 0.3 is 6.03 Å². The van der Waals surface area contributed by atoms with Gasteiger partial charge in [-0.1, -0.05) is 30.3 Å². The summed E-state index contributed by atoms with van der Waals surface area (Å²) in [6.07, 6.45) is 5.55. The van der Waals surface area contributed by atoms with E-state index in [9.17, 15) is 4.79 Å². The summed E-state index contributed by atoms with van der Waals surface area (Å²) in [5.74, 6) is 1.20. The van der Waals surface area contributed by atoms with Gasteiger partial charge in [-0.3, -0.25) is 4.98 Å². The molecule has 126 valence electrons. The summed E-state index contributed by atoms with van der Waals surface area (Å²) < 4.78 is 5.80. The molecule has 2 heterocycles. The number of carbonyl (C=O) groups excluding carboxylic acids is 1. The minimum atomic E-state index is 0.00691. The second-order valence-electron chi connectivity index (χ2n) is 6.09. The number of benzene rings is 1. The number of carbonyl (C=O) groups is 1. The van der Waals surface area contributed by atoms with Crippen LogP contribution in [0.15, 0.2) is 54.9 Å². The minimum absolute atomic E-state index is 0.00691. The summed E-state index contributed by atoms with van der Waals surface area (Å²) in [6, 6.07) is 13.7. The number of hydrogen-bond acceptors (Lipinski definition) is 3. The molecule has 24 heavy (non-hydrogen) atoms. The zero-order chi connectivity index (χ0) is 16.6. The van der Waals surface area contributed by atoms with Crippen molar-refractivity contribution in [3.8, 4) is 5.75 Å². The van der Waals surface area contributed by atoms with Crippen molar-refractivity contribution < 1.29 is 9.53 Å². The fourth-order valence-electron chi connectivity index (χ4n) is 2.92. The molecule has 1 aromatic heterocycles. The summed E-state index contributed by atoms with van der Waals surface area (Å²) in [5.41, 5.74) is 1.11. The maximum Gasteiger partial charge on any atom is 0.317 e. The number of rotatable bonds is 5. The first kappa shape index (κ1) is 16.3. The van der Waals surface area contributed by atoms with Gasteiger partial charge in [0.05, 0.1) is 6.61 Å².